The third kappa shape index (κ3) is 2.26. The molecule has 0 spiro atoms. The van der Waals surface area contributed by atoms with Gasteiger partial charge in [-0.15, -0.1) is 0 Å². The Labute approximate surface area is 60.4 Å². The largest absolute Gasteiger partial charge is 0.360 e. The standard InChI is InChI=1S/C5H10N3S/c9-5-6-4-8-3-1-2-7-8/h7H,1-4H2,(H,6,9). The Kier molecular flexibility index (Phi) is 2.90. The van der Waals surface area contributed by atoms with Gasteiger partial charge < -0.3 is 5.32 Å². The molecule has 3 nitrogen and oxygen atoms in total. The lowest BCUT2D eigenvalue weighted by atomic mass is 10.5. The van der Waals surface area contributed by atoms with E-state index < -0.39 is 0 Å². The zero-order valence-corrected chi connectivity index (χ0v) is 6.00. The molecule has 1 saturated heterocycles. The molecule has 0 aliphatic carbocycles. The molecule has 0 saturated carbocycles. The van der Waals surface area contributed by atoms with Crippen molar-refractivity contribution in [2.75, 3.05) is 19.8 Å². The van der Waals surface area contributed by atoms with Crippen LogP contribution in [-0.4, -0.2) is 30.3 Å². The van der Waals surface area contributed by atoms with Gasteiger partial charge in [0.2, 0.25) is 0 Å². The summed E-state index contributed by atoms with van der Waals surface area (Å²) in [4.78, 5) is 0. The topological polar surface area (TPSA) is 27.3 Å². The van der Waals surface area contributed by atoms with Gasteiger partial charge in [-0.05, 0) is 6.42 Å². The Bertz CT molecular complexity index is 90.2. The summed E-state index contributed by atoms with van der Waals surface area (Å²) in [6.07, 6.45) is 1.22. The van der Waals surface area contributed by atoms with Gasteiger partial charge in [-0.2, -0.15) is 0 Å². The van der Waals surface area contributed by atoms with Gasteiger partial charge in [0.1, 0.15) is 5.49 Å². The molecule has 4 heteroatoms. The average molecular weight is 144 g/mol. The van der Waals surface area contributed by atoms with E-state index in [9.17, 15) is 0 Å². The van der Waals surface area contributed by atoms with Crippen molar-refractivity contribution in [2.45, 2.75) is 6.42 Å². The normalized spacial score (nSPS) is 20.0. The Balaban J connectivity index is 2.04. The van der Waals surface area contributed by atoms with Crippen molar-refractivity contribution in [1.29, 1.82) is 0 Å². The van der Waals surface area contributed by atoms with Crippen molar-refractivity contribution in [1.82, 2.24) is 15.8 Å². The van der Waals surface area contributed by atoms with Crippen LogP contribution in [0.4, 0.5) is 0 Å². The first-order valence-electron chi connectivity index (χ1n) is 3.02. The second kappa shape index (κ2) is 3.76. The van der Waals surface area contributed by atoms with Gasteiger partial charge in [-0.1, -0.05) is 12.2 Å². The summed E-state index contributed by atoms with van der Waals surface area (Å²) in [7, 11) is 0. The maximum absolute atomic E-state index is 4.47. The van der Waals surface area contributed by atoms with Crippen molar-refractivity contribution in [3.05, 3.63) is 0 Å². The van der Waals surface area contributed by atoms with Crippen LogP contribution in [0.15, 0.2) is 0 Å². The molecule has 1 radical (unpaired) electrons. The lowest BCUT2D eigenvalue weighted by Crippen LogP contribution is -2.38. The number of thiocarbonyl (C=S) groups is 1. The van der Waals surface area contributed by atoms with Crippen molar-refractivity contribution in [3.63, 3.8) is 0 Å². The maximum atomic E-state index is 4.47. The molecule has 1 aliphatic heterocycles. The van der Waals surface area contributed by atoms with Crippen LogP contribution >= 0.6 is 12.2 Å². The Morgan fingerprint density at radius 1 is 1.78 bits per heavy atom. The second-order valence-electron chi connectivity index (χ2n) is 1.96. The summed E-state index contributed by atoms with van der Waals surface area (Å²) in [5.74, 6) is 0. The van der Waals surface area contributed by atoms with Crippen LogP contribution in [-0.2, 0) is 0 Å². The number of nitrogens with zero attached hydrogens (tertiary/aromatic N) is 1. The van der Waals surface area contributed by atoms with Gasteiger partial charge >= 0.3 is 0 Å². The zero-order valence-electron chi connectivity index (χ0n) is 5.18. The smallest absolute Gasteiger partial charge is 0.135 e. The van der Waals surface area contributed by atoms with Crippen LogP contribution in [0.2, 0.25) is 0 Å². The van der Waals surface area contributed by atoms with E-state index >= 15 is 0 Å². The molecule has 0 aromatic carbocycles. The van der Waals surface area contributed by atoms with Crippen molar-refractivity contribution >= 4 is 17.7 Å². The van der Waals surface area contributed by atoms with Crippen molar-refractivity contribution in [3.8, 4) is 0 Å². The van der Waals surface area contributed by atoms with Gasteiger partial charge in [-0.3, -0.25) is 5.43 Å². The van der Waals surface area contributed by atoms with E-state index in [2.05, 4.69) is 33.5 Å². The Morgan fingerprint density at radius 3 is 3.22 bits per heavy atom. The predicted octanol–water partition coefficient (Wildman–Crippen LogP) is -0.422. The van der Waals surface area contributed by atoms with E-state index in [1.807, 2.05) is 0 Å². The van der Waals surface area contributed by atoms with E-state index in [0.717, 1.165) is 19.8 Å². The molecule has 0 bridgehead atoms. The third-order valence-electron chi connectivity index (χ3n) is 1.28. The molecule has 9 heavy (non-hydrogen) atoms. The van der Waals surface area contributed by atoms with Crippen LogP contribution in [0.5, 0.6) is 0 Å². The summed E-state index contributed by atoms with van der Waals surface area (Å²) in [5.41, 5.74) is 5.62. The molecule has 0 atom stereocenters. The van der Waals surface area contributed by atoms with Gasteiger partial charge in [-0.25, -0.2) is 5.01 Å². The number of hydrazine groups is 1. The monoisotopic (exact) mass is 144 g/mol. The quantitative estimate of drug-likeness (QED) is 0.415. The molecule has 0 aromatic rings. The molecular formula is C5H10N3S. The summed E-state index contributed by atoms with van der Waals surface area (Å²) in [6, 6.07) is 0. The number of nitrogens with one attached hydrogen (secondary N) is 2. The SMILES string of the molecule is S=[C]NCN1CCCN1. The lowest BCUT2D eigenvalue weighted by molar-refractivity contribution is 0.250. The summed E-state index contributed by atoms with van der Waals surface area (Å²) < 4.78 is 0. The third-order valence-corrected chi connectivity index (χ3v) is 1.43. The van der Waals surface area contributed by atoms with E-state index in [1.54, 1.807) is 0 Å². The highest BCUT2D eigenvalue weighted by Crippen LogP contribution is 1.91. The molecule has 1 heterocycles. The Hall–Kier alpha value is -0.190. The van der Waals surface area contributed by atoms with E-state index in [1.165, 1.54) is 6.42 Å². The molecule has 0 aromatic heterocycles. The minimum atomic E-state index is 0.767. The fourth-order valence-electron chi connectivity index (χ4n) is 0.849. The Morgan fingerprint density at radius 2 is 2.67 bits per heavy atom. The predicted molar refractivity (Wildman–Crippen MR) is 39.9 cm³/mol. The zero-order chi connectivity index (χ0) is 6.53. The van der Waals surface area contributed by atoms with Crippen molar-refractivity contribution < 1.29 is 0 Å². The van der Waals surface area contributed by atoms with Crippen LogP contribution in [0.3, 0.4) is 0 Å². The molecular weight excluding hydrogens is 134 g/mol. The number of hydrogen-bond donors (Lipinski definition) is 2. The molecule has 0 unspecified atom stereocenters. The van der Waals surface area contributed by atoms with Gasteiger partial charge in [0.05, 0.1) is 6.67 Å². The molecule has 1 rings (SSSR count). The second-order valence-corrected chi connectivity index (χ2v) is 2.17. The van der Waals surface area contributed by atoms with Crippen LogP contribution < -0.4 is 10.7 Å². The average Bonchev–Trinajstić information content (AvgIpc) is 2.34. The first-order chi connectivity index (χ1) is 4.43. The van der Waals surface area contributed by atoms with E-state index in [-0.39, 0.29) is 0 Å². The molecule has 2 N–H and O–H groups in total. The number of hydrogen-bond acceptors (Lipinski definition) is 3. The van der Waals surface area contributed by atoms with Crippen LogP contribution in [0.25, 0.3) is 0 Å². The summed E-state index contributed by atoms with van der Waals surface area (Å²) in [6.45, 7) is 2.95. The van der Waals surface area contributed by atoms with Crippen molar-refractivity contribution in [2.24, 2.45) is 0 Å². The van der Waals surface area contributed by atoms with Gasteiger partial charge in [0.15, 0.2) is 0 Å². The minimum Gasteiger partial charge on any atom is -0.360 e. The molecule has 1 aliphatic rings. The first-order valence-corrected chi connectivity index (χ1v) is 3.43. The highest BCUT2D eigenvalue weighted by Gasteiger charge is 2.07. The van der Waals surface area contributed by atoms with Gasteiger partial charge in [0.25, 0.3) is 0 Å². The summed E-state index contributed by atoms with van der Waals surface area (Å²) in [5, 5.41) is 4.90. The number of rotatable bonds is 3. The molecule has 51 valence electrons. The molecule has 0 amide bonds. The highest BCUT2D eigenvalue weighted by molar-refractivity contribution is 7.78. The molecule has 1 fully saturated rings. The minimum absolute atomic E-state index is 0.767. The highest BCUT2D eigenvalue weighted by atomic mass is 32.1. The maximum Gasteiger partial charge on any atom is 0.135 e. The lowest BCUT2D eigenvalue weighted by Gasteiger charge is -2.12. The van der Waals surface area contributed by atoms with E-state index in [4.69, 9.17) is 0 Å². The fourth-order valence-corrected chi connectivity index (χ4v) is 0.913. The first kappa shape index (κ1) is 6.92. The van der Waals surface area contributed by atoms with E-state index in [0.29, 0.717) is 0 Å². The summed E-state index contributed by atoms with van der Waals surface area (Å²) >= 11 is 4.47. The fraction of sp³-hybridized carbons (Fsp3) is 0.800. The van der Waals surface area contributed by atoms with Crippen LogP contribution in [0, 0.1) is 0 Å². The van der Waals surface area contributed by atoms with Crippen LogP contribution in [0.1, 0.15) is 6.42 Å². The van der Waals surface area contributed by atoms with Gasteiger partial charge in [0, 0.05) is 13.1 Å².